The van der Waals surface area contributed by atoms with Crippen LogP contribution in [0.4, 0.5) is 0 Å². The smallest absolute Gasteiger partial charge is 0.0886 e. The Morgan fingerprint density at radius 2 is 1.55 bits per heavy atom. The van der Waals surface area contributed by atoms with Crippen molar-refractivity contribution < 1.29 is 0 Å². The molecule has 0 amide bonds. The Kier molecular flexibility index (Phi) is 3.44. The van der Waals surface area contributed by atoms with Crippen molar-refractivity contribution in [3.63, 3.8) is 0 Å². The Bertz CT molecular complexity index is 237. The van der Waals surface area contributed by atoms with E-state index in [0.717, 1.165) is 10.0 Å². The molecule has 0 atom stereocenters. The topological polar surface area (TPSA) is 0 Å². The van der Waals surface area contributed by atoms with Gasteiger partial charge in [0.2, 0.25) is 0 Å². The maximum atomic E-state index is 5.93. The molecule has 0 spiro atoms. The number of halogens is 4. The van der Waals surface area contributed by atoms with Gasteiger partial charge in [-0.25, -0.2) is 0 Å². The van der Waals surface area contributed by atoms with Crippen LogP contribution in [0.2, 0.25) is 0 Å². The maximum Gasteiger partial charge on any atom is 0.178 e. The summed E-state index contributed by atoms with van der Waals surface area (Å²) in [5.74, 6) is 0. The number of hydrogen-bond donors (Lipinski definition) is 0. The fourth-order valence-electron chi connectivity index (χ4n) is 0.639. The number of benzene rings is 1. The minimum Gasteiger partial charge on any atom is -0.0886 e. The molecule has 4 heteroatoms. The van der Waals surface area contributed by atoms with E-state index in [1.165, 1.54) is 0 Å². The van der Waals surface area contributed by atoms with Gasteiger partial charge in [0.25, 0.3) is 0 Å². The van der Waals surface area contributed by atoms with Crippen molar-refractivity contribution in [2.45, 2.75) is 2.69 Å². The number of rotatable bonds is 1. The normalized spacial score (nSPS) is 11.6. The standard InChI is InChI=1S/C7H4Br3Cl/c8-6-3-1-5(2-4-6)7(9,10)11/h1-4H. The van der Waals surface area contributed by atoms with Gasteiger partial charge in [0, 0.05) is 4.47 Å². The van der Waals surface area contributed by atoms with Gasteiger partial charge < -0.3 is 0 Å². The summed E-state index contributed by atoms with van der Waals surface area (Å²) in [4.78, 5) is 0. The average Bonchev–Trinajstić information content (AvgIpc) is 1.86. The Hall–Kier alpha value is 0.950. The molecule has 0 heterocycles. The van der Waals surface area contributed by atoms with Crippen LogP contribution in [0.25, 0.3) is 0 Å². The largest absolute Gasteiger partial charge is 0.178 e. The molecule has 1 rings (SSSR count). The molecule has 0 N–H and O–H groups in total. The Morgan fingerprint density at radius 3 is 1.91 bits per heavy atom. The predicted octanol–water partition coefficient (Wildman–Crippen LogP) is 4.59. The highest BCUT2D eigenvalue weighted by Crippen LogP contribution is 2.42. The molecule has 11 heavy (non-hydrogen) atoms. The molecule has 1 aromatic carbocycles. The molecule has 0 saturated heterocycles. The lowest BCUT2D eigenvalue weighted by Gasteiger charge is -2.11. The lowest BCUT2D eigenvalue weighted by molar-refractivity contribution is 1.32. The van der Waals surface area contributed by atoms with Gasteiger partial charge >= 0.3 is 0 Å². The van der Waals surface area contributed by atoms with Crippen LogP contribution < -0.4 is 0 Å². The van der Waals surface area contributed by atoms with Crippen molar-refractivity contribution in [3.8, 4) is 0 Å². The summed E-state index contributed by atoms with van der Waals surface area (Å²) in [5, 5.41) is 0. The fraction of sp³-hybridized carbons (Fsp3) is 0.143. The zero-order valence-corrected chi connectivity index (χ0v) is 10.8. The number of alkyl halides is 3. The van der Waals surface area contributed by atoms with Crippen LogP contribution in [0.15, 0.2) is 28.7 Å². The first kappa shape index (κ1) is 10.0. The first-order chi connectivity index (χ1) is 5.00. The predicted molar refractivity (Wildman–Crippen MR) is 59.5 cm³/mol. The molecule has 0 aliphatic rings. The van der Waals surface area contributed by atoms with E-state index in [0.29, 0.717) is 0 Å². The van der Waals surface area contributed by atoms with Crippen LogP contribution in [0.5, 0.6) is 0 Å². The summed E-state index contributed by atoms with van der Waals surface area (Å²) >= 11 is 15.8. The molecule has 0 radical (unpaired) electrons. The Labute approximate surface area is 95.7 Å². The van der Waals surface area contributed by atoms with Gasteiger partial charge in [-0.15, -0.1) is 0 Å². The lowest BCUT2D eigenvalue weighted by Crippen LogP contribution is -1.96. The quantitative estimate of drug-likeness (QED) is 0.641. The van der Waals surface area contributed by atoms with Crippen molar-refractivity contribution in [1.29, 1.82) is 0 Å². The minimum atomic E-state index is -0.638. The second kappa shape index (κ2) is 3.77. The maximum absolute atomic E-state index is 5.93. The highest BCUT2D eigenvalue weighted by molar-refractivity contribution is 9.25. The third-order valence-electron chi connectivity index (χ3n) is 1.17. The van der Waals surface area contributed by atoms with Gasteiger partial charge in [-0.1, -0.05) is 39.7 Å². The SMILES string of the molecule is ClC(Br)(Br)c1ccc(Br)cc1. The van der Waals surface area contributed by atoms with Crippen LogP contribution in [0.1, 0.15) is 5.56 Å². The summed E-state index contributed by atoms with van der Waals surface area (Å²) in [6.45, 7) is 0. The first-order valence-electron chi connectivity index (χ1n) is 2.83. The average molecular weight is 363 g/mol. The zero-order valence-electron chi connectivity index (χ0n) is 5.32. The Morgan fingerprint density at radius 1 is 1.09 bits per heavy atom. The van der Waals surface area contributed by atoms with Gasteiger partial charge in [0.1, 0.15) is 0 Å². The zero-order chi connectivity index (χ0) is 8.48. The molecule has 0 aliphatic heterocycles. The summed E-state index contributed by atoms with van der Waals surface area (Å²) < 4.78 is 0.405. The minimum absolute atomic E-state index is 0.638. The van der Waals surface area contributed by atoms with Crippen LogP contribution in [-0.2, 0) is 2.69 Å². The van der Waals surface area contributed by atoms with E-state index in [4.69, 9.17) is 11.6 Å². The highest BCUT2D eigenvalue weighted by atomic mass is 79.9. The lowest BCUT2D eigenvalue weighted by atomic mass is 10.2. The van der Waals surface area contributed by atoms with Crippen molar-refractivity contribution >= 4 is 59.4 Å². The van der Waals surface area contributed by atoms with E-state index in [1.54, 1.807) is 0 Å². The van der Waals surface area contributed by atoms with Crippen LogP contribution in [-0.4, -0.2) is 0 Å². The van der Waals surface area contributed by atoms with Crippen molar-refractivity contribution in [2.24, 2.45) is 0 Å². The van der Waals surface area contributed by atoms with Crippen LogP contribution >= 0.6 is 59.4 Å². The van der Waals surface area contributed by atoms with E-state index in [9.17, 15) is 0 Å². The second-order valence-corrected chi connectivity index (χ2v) is 7.84. The molecule has 60 valence electrons. The third kappa shape index (κ3) is 3.05. The van der Waals surface area contributed by atoms with E-state index in [2.05, 4.69) is 47.8 Å². The van der Waals surface area contributed by atoms with E-state index >= 15 is 0 Å². The fourth-order valence-corrected chi connectivity index (χ4v) is 1.56. The van der Waals surface area contributed by atoms with E-state index in [1.807, 2.05) is 24.3 Å². The van der Waals surface area contributed by atoms with Crippen LogP contribution in [0.3, 0.4) is 0 Å². The monoisotopic (exact) mass is 360 g/mol. The molecule has 0 aliphatic carbocycles. The molecule has 0 nitrogen and oxygen atoms in total. The molecule has 0 saturated carbocycles. The summed E-state index contributed by atoms with van der Waals surface area (Å²) in [6.07, 6.45) is 0. The van der Waals surface area contributed by atoms with Crippen LogP contribution in [0, 0.1) is 0 Å². The summed E-state index contributed by atoms with van der Waals surface area (Å²) in [5.41, 5.74) is 0.974. The second-order valence-electron chi connectivity index (χ2n) is 2.00. The first-order valence-corrected chi connectivity index (χ1v) is 5.58. The van der Waals surface area contributed by atoms with E-state index in [-0.39, 0.29) is 0 Å². The highest BCUT2D eigenvalue weighted by Gasteiger charge is 2.20. The van der Waals surface area contributed by atoms with Gasteiger partial charge in [0.05, 0.1) is 0 Å². The van der Waals surface area contributed by atoms with Crippen molar-refractivity contribution in [1.82, 2.24) is 0 Å². The number of hydrogen-bond acceptors (Lipinski definition) is 0. The van der Waals surface area contributed by atoms with Gasteiger partial charge in [-0.05, 0) is 49.6 Å². The molecular formula is C7H4Br3Cl. The summed E-state index contributed by atoms with van der Waals surface area (Å²) in [6, 6.07) is 7.74. The van der Waals surface area contributed by atoms with Crippen molar-refractivity contribution in [3.05, 3.63) is 34.3 Å². The van der Waals surface area contributed by atoms with Crippen molar-refractivity contribution in [2.75, 3.05) is 0 Å². The summed E-state index contributed by atoms with van der Waals surface area (Å²) in [7, 11) is 0. The Balaban J connectivity index is 2.99. The third-order valence-corrected chi connectivity index (χ3v) is 2.83. The van der Waals surface area contributed by atoms with Gasteiger partial charge in [0.15, 0.2) is 2.69 Å². The molecule has 0 bridgehead atoms. The van der Waals surface area contributed by atoms with Gasteiger partial charge in [-0.2, -0.15) is 0 Å². The van der Waals surface area contributed by atoms with E-state index < -0.39 is 2.69 Å². The molecule has 1 aromatic rings. The molecular weight excluding hydrogens is 359 g/mol. The molecule has 0 fully saturated rings. The molecule has 0 unspecified atom stereocenters. The van der Waals surface area contributed by atoms with Gasteiger partial charge in [-0.3, -0.25) is 0 Å². The molecule has 0 aromatic heterocycles.